The van der Waals surface area contributed by atoms with E-state index in [0.29, 0.717) is 6.54 Å². The van der Waals surface area contributed by atoms with Crippen LogP contribution in [0.3, 0.4) is 0 Å². The first kappa shape index (κ1) is 8.80. The van der Waals surface area contributed by atoms with E-state index >= 15 is 0 Å². The predicted molar refractivity (Wildman–Crippen MR) is 51.7 cm³/mol. The van der Waals surface area contributed by atoms with Crippen molar-refractivity contribution in [3.05, 3.63) is 30.7 Å². The second kappa shape index (κ2) is 3.95. The minimum Gasteiger partial charge on any atom is -0.451 e. The quantitative estimate of drug-likeness (QED) is 0.797. The second-order valence-corrected chi connectivity index (χ2v) is 2.92. The fourth-order valence-corrected chi connectivity index (χ4v) is 1.15. The molecule has 0 spiro atoms. The summed E-state index contributed by atoms with van der Waals surface area (Å²) in [6.07, 6.45) is 6.80. The van der Waals surface area contributed by atoms with Gasteiger partial charge in [-0.1, -0.05) is 0 Å². The number of hydrogen-bond acceptors (Lipinski definition) is 4. The Morgan fingerprint density at radius 2 is 2.50 bits per heavy atom. The number of anilines is 1. The molecule has 5 heteroatoms. The standard InChI is InChI=1S/C9H12N4O/c1-2-13-5-8(4-12-13)10-3-9-6-14-7-11-9/h4-7,10H,2-3H2,1H3. The van der Waals surface area contributed by atoms with Gasteiger partial charge < -0.3 is 9.73 Å². The smallest absolute Gasteiger partial charge is 0.180 e. The highest BCUT2D eigenvalue weighted by atomic mass is 16.3. The highest BCUT2D eigenvalue weighted by Crippen LogP contribution is 2.06. The van der Waals surface area contributed by atoms with Crippen LogP contribution in [0.5, 0.6) is 0 Å². The molecule has 0 aliphatic carbocycles. The molecule has 0 radical (unpaired) electrons. The molecule has 2 rings (SSSR count). The zero-order valence-corrected chi connectivity index (χ0v) is 7.97. The van der Waals surface area contributed by atoms with Crippen LogP contribution in [-0.4, -0.2) is 14.8 Å². The Hall–Kier alpha value is -1.78. The van der Waals surface area contributed by atoms with Crippen LogP contribution in [0.1, 0.15) is 12.6 Å². The zero-order chi connectivity index (χ0) is 9.80. The predicted octanol–water partition coefficient (Wildman–Crippen LogP) is 1.50. The Labute approximate surface area is 81.8 Å². The summed E-state index contributed by atoms with van der Waals surface area (Å²) in [4.78, 5) is 4.00. The van der Waals surface area contributed by atoms with Crippen LogP contribution < -0.4 is 5.32 Å². The lowest BCUT2D eigenvalue weighted by molar-refractivity contribution is 0.556. The average molecular weight is 192 g/mol. The molecule has 2 aromatic rings. The highest BCUT2D eigenvalue weighted by Gasteiger charge is 1.98. The molecule has 0 aromatic carbocycles. The molecular weight excluding hydrogens is 180 g/mol. The van der Waals surface area contributed by atoms with Gasteiger partial charge >= 0.3 is 0 Å². The molecule has 1 N–H and O–H groups in total. The van der Waals surface area contributed by atoms with Crippen LogP contribution in [0.15, 0.2) is 29.5 Å². The minimum absolute atomic E-state index is 0.659. The first-order valence-electron chi connectivity index (χ1n) is 4.52. The van der Waals surface area contributed by atoms with Crippen LogP contribution in [0.2, 0.25) is 0 Å². The number of aromatic nitrogens is 3. The Balaban J connectivity index is 1.92. The average Bonchev–Trinajstić information content (AvgIpc) is 2.86. The number of rotatable bonds is 4. The van der Waals surface area contributed by atoms with Gasteiger partial charge in [0.1, 0.15) is 6.26 Å². The maximum Gasteiger partial charge on any atom is 0.180 e. The van der Waals surface area contributed by atoms with Gasteiger partial charge in [0, 0.05) is 12.7 Å². The van der Waals surface area contributed by atoms with E-state index in [-0.39, 0.29) is 0 Å². The normalized spacial score (nSPS) is 10.4. The molecule has 0 saturated carbocycles. The van der Waals surface area contributed by atoms with E-state index in [1.807, 2.05) is 10.9 Å². The van der Waals surface area contributed by atoms with E-state index in [0.717, 1.165) is 17.9 Å². The van der Waals surface area contributed by atoms with Crippen molar-refractivity contribution >= 4 is 5.69 Å². The van der Waals surface area contributed by atoms with Crippen LogP contribution in [-0.2, 0) is 13.1 Å². The number of nitrogens with one attached hydrogen (secondary N) is 1. The van der Waals surface area contributed by atoms with Crippen LogP contribution in [0.25, 0.3) is 0 Å². The highest BCUT2D eigenvalue weighted by molar-refractivity contribution is 5.38. The molecular formula is C9H12N4O. The van der Waals surface area contributed by atoms with E-state index in [2.05, 4.69) is 22.3 Å². The molecule has 0 aliphatic rings. The molecule has 0 amide bonds. The van der Waals surface area contributed by atoms with Crippen LogP contribution in [0, 0.1) is 0 Å². The lowest BCUT2D eigenvalue weighted by Crippen LogP contribution is -1.98. The summed E-state index contributed by atoms with van der Waals surface area (Å²) in [6.45, 7) is 3.59. The summed E-state index contributed by atoms with van der Waals surface area (Å²) < 4.78 is 6.72. The fourth-order valence-electron chi connectivity index (χ4n) is 1.15. The Morgan fingerprint density at radius 3 is 3.14 bits per heavy atom. The topological polar surface area (TPSA) is 55.9 Å². The molecule has 0 fully saturated rings. The van der Waals surface area contributed by atoms with Crippen molar-refractivity contribution in [3.8, 4) is 0 Å². The van der Waals surface area contributed by atoms with Gasteiger partial charge in [0.05, 0.1) is 24.1 Å². The van der Waals surface area contributed by atoms with Crippen molar-refractivity contribution in [2.75, 3.05) is 5.32 Å². The van der Waals surface area contributed by atoms with Crippen molar-refractivity contribution < 1.29 is 4.42 Å². The van der Waals surface area contributed by atoms with Crippen LogP contribution >= 0.6 is 0 Å². The number of oxazole rings is 1. The molecule has 2 aromatic heterocycles. The lowest BCUT2D eigenvalue weighted by atomic mass is 10.4. The van der Waals surface area contributed by atoms with Gasteiger partial charge in [0.2, 0.25) is 0 Å². The van der Waals surface area contributed by atoms with E-state index in [1.54, 1.807) is 12.5 Å². The Bertz CT molecular complexity index is 379. The summed E-state index contributed by atoms with van der Waals surface area (Å²) in [7, 11) is 0. The van der Waals surface area contributed by atoms with Crippen molar-refractivity contribution in [2.24, 2.45) is 0 Å². The van der Waals surface area contributed by atoms with Crippen molar-refractivity contribution in [1.82, 2.24) is 14.8 Å². The number of hydrogen-bond donors (Lipinski definition) is 1. The van der Waals surface area contributed by atoms with Gasteiger partial charge in [-0.25, -0.2) is 4.98 Å². The molecule has 0 atom stereocenters. The number of nitrogens with zero attached hydrogens (tertiary/aromatic N) is 3. The first-order valence-corrected chi connectivity index (χ1v) is 4.52. The van der Waals surface area contributed by atoms with Gasteiger partial charge in [-0.05, 0) is 6.92 Å². The van der Waals surface area contributed by atoms with E-state index < -0.39 is 0 Å². The van der Waals surface area contributed by atoms with Crippen LogP contribution in [0.4, 0.5) is 5.69 Å². The molecule has 0 bridgehead atoms. The van der Waals surface area contributed by atoms with Gasteiger partial charge in [-0.2, -0.15) is 5.10 Å². The Kier molecular flexibility index (Phi) is 2.48. The molecule has 0 aliphatic heterocycles. The molecule has 5 nitrogen and oxygen atoms in total. The number of aryl methyl sites for hydroxylation is 1. The zero-order valence-electron chi connectivity index (χ0n) is 7.97. The van der Waals surface area contributed by atoms with E-state index in [9.17, 15) is 0 Å². The van der Waals surface area contributed by atoms with Gasteiger partial charge in [0.15, 0.2) is 6.39 Å². The molecule has 0 unspecified atom stereocenters. The van der Waals surface area contributed by atoms with E-state index in [1.165, 1.54) is 6.39 Å². The Morgan fingerprint density at radius 1 is 1.57 bits per heavy atom. The third kappa shape index (κ3) is 1.93. The van der Waals surface area contributed by atoms with Crippen molar-refractivity contribution in [1.29, 1.82) is 0 Å². The summed E-state index contributed by atoms with van der Waals surface area (Å²) in [5, 5.41) is 7.34. The van der Waals surface area contributed by atoms with Crippen molar-refractivity contribution in [2.45, 2.75) is 20.0 Å². The summed E-state index contributed by atoms with van der Waals surface area (Å²) >= 11 is 0. The molecule has 2 heterocycles. The summed E-state index contributed by atoms with van der Waals surface area (Å²) in [5.74, 6) is 0. The van der Waals surface area contributed by atoms with Gasteiger partial charge in [-0.3, -0.25) is 4.68 Å². The SMILES string of the molecule is CCn1cc(NCc2cocn2)cn1. The third-order valence-corrected chi connectivity index (χ3v) is 1.91. The second-order valence-electron chi connectivity index (χ2n) is 2.92. The molecule has 74 valence electrons. The summed E-state index contributed by atoms with van der Waals surface area (Å²) in [6, 6.07) is 0. The summed E-state index contributed by atoms with van der Waals surface area (Å²) in [5.41, 5.74) is 1.88. The monoisotopic (exact) mass is 192 g/mol. The van der Waals surface area contributed by atoms with Crippen molar-refractivity contribution in [3.63, 3.8) is 0 Å². The maximum absolute atomic E-state index is 4.86. The maximum atomic E-state index is 4.86. The lowest BCUT2D eigenvalue weighted by Gasteiger charge is -1.98. The first-order chi connectivity index (χ1) is 6.88. The van der Waals surface area contributed by atoms with E-state index in [4.69, 9.17) is 4.42 Å². The van der Waals surface area contributed by atoms with Gasteiger partial charge in [-0.15, -0.1) is 0 Å². The molecule has 0 saturated heterocycles. The van der Waals surface area contributed by atoms with Gasteiger partial charge in [0.25, 0.3) is 0 Å². The molecule has 14 heavy (non-hydrogen) atoms. The minimum atomic E-state index is 0.659. The third-order valence-electron chi connectivity index (χ3n) is 1.91. The largest absolute Gasteiger partial charge is 0.451 e. The fraction of sp³-hybridized carbons (Fsp3) is 0.333.